The molecule has 0 heterocycles. The van der Waals surface area contributed by atoms with Gasteiger partial charge in [-0.1, -0.05) is 29.8 Å². The molecule has 21 heavy (non-hydrogen) atoms. The molecule has 0 N–H and O–H groups in total. The molecule has 0 radical (unpaired) electrons. The van der Waals surface area contributed by atoms with Crippen molar-refractivity contribution in [1.82, 2.24) is 0 Å². The van der Waals surface area contributed by atoms with Crippen LogP contribution in [0.2, 0.25) is 0 Å². The van der Waals surface area contributed by atoms with E-state index in [2.05, 4.69) is 31.2 Å². The molecule has 2 aromatic rings. The molecule has 0 bridgehead atoms. The van der Waals surface area contributed by atoms with E-state index in [-0.39, 0.29) is 5.78 Å². The van der Waals surface area contributed by atoms with Crippen molar-refractivity contribution in [2.24, 2.45) is 0 Å². The summed E-state index contributed by atoms with van der Waals surface area (Å²) < 4.78 is 5.22. The van der Waals surface area contributed by atoms with Crippen LogP contribution < -0.4 is 4.74 Å². The number of aryl methyl sites for hydroxylation is 2. The predicted molar refractivity (Wildman–Crippen MR) is 84.8 cm³/mol. The minimum Gasteiger partial charge on any atom is -0.497 e. The summed E-state index contributed by atoms with van der Waals surface area (Å²) >= 11 is 0. The minimum atomic E-state index is 0.138. The van der Waals surface area contributed by atoms with Crippen LogP contribution in [0.25, 0.3) is 6.08 Å². The maximum atomic E-state index is 12.6. The molecule has 3 rings (SSSR count). The zero-order valence-corrected chi connectivity index (χ0v) is 12.3. The van der Waals surface area contributed by atoms with Gasteiger partial charge >= 0.3 is 0 Å². The zero-order chi connectivity index (χ0) is 14.8. The van der Waals surface area contributed by atoms with Gasteiger partial charge in [-0.2, -0.15) is 0 Å². The Morgan fingerprint density at radius 1 is 1.05 bits per heavy atom. The lowest BCUT2D eigenvalue weighted by Crippen LogP contribution is -2.14. The molecule has 2 nitrogen and oxygen atoms in total. The predicted octanol–water partition coefficient (Wildman–Crippen LogP) is 4.22. The third-order valence-corrected chi connectivity index (χ3v) is 3.93. The second-order valence-corrected chi connectivity index (χ2v) is 5.43. The fourth-order valence-corrected chi connectivity index (χ4v) is 2.68. The Bertz CT molecular complexity index is 709. The molecular weight excluding hydrogens is 260 g/mol. The van der Waals surface area contributed by atoms with Crippen molar-refractivity contribution in [3.8, 4) is 5.75 Å². The van der Waals surface area contributed by atoms with Crippen molar-refractivity contribution >= 4 is 11.9 Å². The smallest absolute Gasteiger partial charge is 0.189 e. The summed E-state index contributed by atoms with van der Waals surface area (Å²) in [7, 11) is 1.65. The van der Waals surface area contributed by atoms with Gasteiger partial charge in [0.1, 0.15) is 5.75 Å². The standard InChI is InChI=1S/C19H18O2/c1-13-3-5-14(6-4-13)11-16-8-7-15-12-17(21-2)9-10-18(15)19(16)20/h3-6,9-12H,7-8H2,1-2H3/b16-11+. The molecule has 0 amide bonds. The summed E-state index contributed by atoms with van der Waals surface area (Å²) in [5, 5.41) is 0. The summed E-state index contributed by atoms with van der Waals surface area (Å²) in [6.07, 6.45) is 3.68. The molecule has 0 saturated heterocycles. The maximum absolute atomic E-state index is 12.6. The molecule has 106 valence electrons. The highest BCUT2D eigenvalue weighted by molar-refractivity contribution is 6.13. The van der Waals surface area contributed by atoms with E-state index in [4.69, 9.17) is 4.74 Å². The van der Waals surface area contributed by atoms with Crippen molar-refractivity contribution in [3.63, 3.8) is 0 Å². The van der Waals surface area contributed by atoms with Gasteiger partial charge in [-0.3, -0.25) is 4.79 Å². The lowest BCUT2D eigenvalue weighted by Gasteiger charge is -2.18. The van der Waals surface area contributed by atoms with Crippen LogP contribution in [0.4, 0.5) is 0 Å². The molecule has 0 unspecified atom stereocenters. The molecule has 0 aliphatic heterocycles. The molecule has 0 spiro atoms. The van der Waals surface area contributed by atoms with Gasteiger partial charge in [-0.05, 0) is 55.2 Å². The number of allylic oxidation sites excluding steroid dienone is 1. The highest BCUT2D eigenvalue weighted by Crippen LogP contribution is 2.29. The van der Waals surface area contributed by atoms with Gasteiger partial charge < -0.3 is 4.74 Å². The van der Waals surface area contributed by atoms with Crippen LogP contribution in [0.15, 0.2) is 48.0 Å². The Kier molecular flexibility index (Phi) is 3.61. The van der Waals surface area contributed by atoms with Crippen LogP contribution in [0, 0.1) is 6.92 Å². The number of ether oxygens (including phenoxy) is 1. The molecule has 0 aromatic heterocycles. The molecule has 1 aliphatic rings. The number of hydrogen-bond donors (Lipinski definition) is 0. The van der Waals surface area contributed by atoms with Crippen molar-refractivity contribution in [2.75, 3.05) is 7.11 Å². The van der Waals surface area contributed by atoms with E-state index in [9.17, 15) is 4.79 Å². The fourth-order valence-electron chi connectivity index (χ4n) is 2.68. The quantitative estimate of drug-likeness (QED) is 0.769. The third-order valence-electron chi connectivity index (χ3n) is 3.93. The molecule has 1 aliphatic carbocycles. The minimum absolute atomic E-state index is 0.138. The largest absolute Gasteiger partial charge is 0.497 e. The maximum Gasteiger partial charge on any atom is 0.189 e. The van der Waals surface area contributed by atoms with Crippen LogP contribution in [0.5, 0.6) is 5.75 Å². The first kappa shape index (κ1) is 13.6. The highest BCUT2D eigenvalue weighted by atomic mass is 16.5. The number of rotatable bonds is 2. The molecular formula is C19H18O2. The number of Topliss-reactive ketones (excluding diaryl/α,β-unsaturated/α-hetero) is 1. The molecule has 2 heteroatoms. The number of hydrogen-bond acceptors (Lipinski definition) is 2. The molecule has 0 atom stereocenters. The van der Waals surface area contributed by atoms with Crippen molar-refractivity contribution < 1.29 is 9.53 Å². The lowest BCUT2D eigenvalue weighted by atomic mass is 9.86. The fraction of sp³-hybridized carbons (Fsp3) is 0.211. The van der Waals surface area contributed by atoms with Gasteiger partial charge in [-0.25, -0.2) is 0 Å². The van der Waals surface area contributed by atoms with E-state index >= 15 is 0 Å². The van der Waals surface area contributed by atoms with Crippen molar-refractivity contribution in [1.29, 1.82) is 0 Å². The monoisotopic (exact) mass is 278 g/mol. The number of carbonyl (C=O) groups excluding carboxylic acids is 1. The summed E-state index contributed by atoms with van der Waals surface area (Å²) in [5.74, 6) is 0.951. The van der Waals surface area contributed by atoms with E-state index in [1.165, 1.54) is 5.56 Å². The Balaban J connectivity index is 1.93. The number of carbonyl (C=O) groups is 1. The number of ketones is 1. The third kappa shape index (κ3) is 2.75. The van der Waals surface area contributed by atoms with Crippen LogP contribution in [-0.2, 0) is 6.42 Å². The van der Waals surface area contributed by atoms with E-state index in [1.807, 2.05) is 24.3 Å². The first-order valence-electron chi connectivity index (χ1n) is 7.16. The van der Waals surface area contributed by atoms with Crippen molar-refractivity contribution in [2.45, 2.75) is 19.8 Å². The average Bonchev–Trinajstić information content (AvgIpc) is 2.52. The van der Waals surface area contributed by atoms with Gasteiger partial charge in [0.2, 0.25) is 0 Å². The summed E-state index contributed by atoms with van der Waals surface area (Å²) in [6, 6.07) is 13.9. The lowest BCUT2D eigenvalue weighted by molar-refractivity contribution is 0.102. The summed E-state index contributed by atoms with van der Waals surface area (Å²) in [4.78, 5) is 12.6. The van der Waals surface area contributed by atoms with E-state index in [0.717, 1.165) is 40.9 Å². The first-order chi connectivity index (χ1) is 10.2. The number of methoxy groups -OCH3 is 1. The highest BCUT2D eigenvalue weighted by Gasteiger charge is 2.22. The van der Waals surface area contributed by atoms with Crippen LogP contribution >= 0.6 is 0 Å². The second kappa shape index (κ2) is 5.57. The Morgan fingerprint density at radius 2 is 1.81 bits per heavy atom. The van der Waals surface area contributed by atoms with Gasteiger partial charge in [0.25, 0.3) is 0 Å². The Hall–Kier alpha value is -2.35. The van der Waals surface area contributed by atoms with Gasteiger partial charge in [0.05, 0.1) is 7.11 Å². The Labute approximate surface area is 125 Å². The molecule has 0 fully saturated rings. The molecule has 2 aromatic carbocycles. The van der Waals surface area contributed by atoms with Gasteiger partial charge in [0, 0.05) is 11.1 Å². The van der Waals surface area contributed by atoms with Gasteiger partial charge in [-0.15, -0.1) is 0 Å². The summed E-state index contributed by atoms with van der Waals surface area (Å²) in [5.41, 5.74) is 5.09. The normalized spacial score (nSPS) is 15.9. The van der Waals surface area contributed by atoms with E-state index in [0.29, 0.717) is 0 Å². The average molecular weight is 278 g/mol. The van der Waals surface area contributed by atoms with Crippen LogP contribution in [0.1, 0.15) is 33.5 Å². The number of fused-ring (bicyclic) bond motifs is 1. The number of benzene rings is 2. The van der Waals surface area contributed by atoms with E-state index < -0.39 is 0 Å². The van der Waals surface area contributed by atoms with E-state index in [1.54, 1.807) is 7.11 Å². The second-order valence-electron chi connectivity index (χ2n) is 5.43. The zero-order valence-electron chi connectivity index (χ0n) is 12.3. The van der Waals surface area contributed by atoms with Crippen LogP contribution in [-0.4, -0.2) is 12.9 Å². The summed E-state index contributed by atoms with van der Waals surface area (Å²) in [6.45, 7) is 2.06. The van der Waals surface area contributed by atoms with Crippen LogP contribution in [0.3, 0.4) is 0 Å². The van der Waals surface area contributed by atoms with Crippen molar-refractivity contribution in [3.05, 3.63) is 70.3 Å². The SMILES string of the molecule is COc1ccc2c(c1)CC/C(=C\c1ccc(C)cc1)C2=O. The Morgan fingerprint density at radius 3 is 2.52 bits per heavy atom. The first-order valence-corrected chi connectivity index (χ1v) is 7.16. The topological polar surface area (TPSA) is 26.3 Å². The van der Waals surface area contributed by atoms with Gasteiger partial charge in [0.15, 0.2) is 5.78 Å². The molecule has 0 saturated carbocycles.